The van der Waals surface area contributed by atoms with Crippen molar-refractivity contribution in [3.63, 3.8) is 0 Å². The van der Waals surface area contributed by atoms with Crippen LogP contribution in [-0.4, -0.2) is 28.3 Å². The van der Waals surface area contributed by atoms with Crippen LogP contribution in [0, 0.1) is 0 Å². The maximum atomic E-state index is 8.62. The number of aliphatic hydroxyl groups excluding tert-OH is 1. The molecule has 3 N–H and O–H groups in total. The van der Waals surface area contributed by atoms with Gasteiger partial charge in [0.1, 0.15) is 0 Å². The van der Waals surface area contributed by atoms with Crippen LogP contribution >= 0.6 is 11.8 Å². The predicted molar refractivity (Wildman–Crippen MR) is 36.7 cm³/mol. The summed E-state index contributed by atoms with van der Waals surface area (Å²) in [4.78, 5) is 0. The summed E-state index contributed by atoms with van der Waals surface area (Å²) in [6.45, 7) is 0. The van der Waals surface area contributed by atoms with Gasteiger partial charge in [-0.15, -0.1) is 11.8 Å². The van der Waals surface area contributed by atoms with E-state index in [0.717, 1.165) is 0 Å². The molecular weight excluding hydrogens is 138 g/mol. The second kappa shape index (κ2) is 3.10. The van der Waals surface area contributed by atoms with Crippen LogP contribution in [0.25, 0.3) is 0 Å². The van der Waals surface area contributed by atoms with Crippen molar-refractivity contribution in [2.45, 2.75) is 12.3 Å². The average molecular weight is 147 g/mol. The van der Waals surface area contributed by atoms with Gasteiger partial charge in [-0.3, -0.25) is 0 Å². The lowest BCUT2D eigenvalue weighted by molar-refractivity contribution is -0.0586. The standard InChI is InChI=1S/C5H9NO2S/c7-5(8)4-3-9-2-1-6-4/h1-2,4-8H,3H2. The van der Waals surface area contributed by atoms with Crippen LogP contribution < -0.4 is 5.32 Å². The summed E-state index contributed by atoms with van der Waals surface area (Å²) >= 11 is 1.57. The SMILES string of the molecule is OC(O)C1CSC=CN1. The van der Waals surface area contributed by atoms with E-state index in [9.17, 15) is 0 Å². The summed E-state index contributed by atoms with van der Waals surface area (Å²) in [5.41, 5.74) is 0. The van der Waals surface area contributed by atoms with Gasteiger partial charge in [0.25, 0.3) is 0 Å². The molecule has 1 heterocycles. The third kappa shape index (κ3) is 1.89. The Labute approximate surface area is 57.8 Å². The number of nitrogens with one attached hydrogen (secondary N) is 1. The number of rotatable bonds is 1. The van der Waals surface area contributed by atoms with Gasteiger partial charge >= 0.3 is 0 Å². The molecule has 0 radical (unpaired) electrons. The molecule has 9 heavy (non-hydrogen) atoms. The molecule has 0 spiro atoms. The molecule has 52 valence electrons. The molecule has 0 aliphatic carbocycles. The van der Waals surface area contributed by atoms with E-state index in [1.54, 1.807) is 18.0 Å². The predicted octanol–water partition coefficient (Wildman–Crippen LogP) is -0.527. The fourth-order valence-electron chi connectivity index (χ4n) is 0.590. The maximum Gasteiger partial charge on any atom is 0.172 e. The molecule has 1 atom stereocenters. The molecule has 1 aliphatic heterocycles. The zero-order valence-corrected chi connectivity index (χ0v) is 5.64. The van der Waals surface area contributed by atoms with Crippen LogP contribution in [0.5, 0.6) is 0 Å². The Hall–Kier alpha value is -0.190. The maximum absolute atomic E-state index is 8.62. The molecule has 0 aromatic heterocycles. The highest BCUT2D eigenvalue weighted by Crippen LogP contribution is 2.10. The third-order valence-electron chi connectivity index (χ3n) is 1.11. The van der Waals surface area contributed by atoms with E-state index in [4.69, 9.17) is 10.2 Å². The van der Waals surface area contributed by atoms with E-state index in [2.05, 4.69) is 5.32 Å². The van der Waals surface area contributed by atoms with E-state index in [0.29, 0.717) is 5.75 Å². The summed E-state index contributed by atoms with van der Waals surface area (Å²) in [5, 5.41) is 22.0. The van der Waals surface area contributed by atoms with Gasteiger partial charge in [0.05, 0.1) is 6.04 Å². The first-order chi connectivity index (χ1) is 4.30. The lowest BCUT2D eigenvalue weighted by atomic mass is 10.3. The van der Waals surface area contributed by atoms with Crippen molar-refractivity contribution in [3.8, 4) is 0 Å². The van der Waals surface area contributed by atoms with Crippen molar-refractivity contribution in [2.75, 3.05) is 5.75 Å². The van der Waals surface area contributed by atoms with E-state index < -0.39 is 6.29 Å². The van der Waals surface area contributed by atoms with Crippen molar-refractivity contribution in [1.29, 1.82) is 0 Å². The van der Waals surface area contributed by atoms with Crippen LogP contribution in [0.1, 0.15) is 0 Å². The Kier molecular flexibility index (Phi) is 2.38. The lowest BCUT2D eigenvalue weighted by Gasteiger charge is -2.20. The summed E-state index contributed by atoms with van der Waals surface area (Å²) in [6, 6.07) is -0.208. The Morgan fingerprint density at radius 1 is 1.67 bits per heavy atom. The van der Waals surface area contributed by atoms with Gasteiger partial charge in [-0.1, -0.05) is 0 Å². The largest absolute Gasteiger partial charge is 0.382 e. The smallest absolute Gasteiger partial charge is 0.172 e. The van der Waals surface area contributed by atoms with Gasteiger partial charge in [-0.05, 0) is 5.41 Å². The molecule has 3 nitrogen and oxygen atoms in total. The summed E-state index contributed by atoms with van der Waals surface area (Å²) in [6.07, 6.45) is 0.473. The zero-order chi connectivity index (χ0) is 6.69. The van der Waals surface area contributed by atoms with Crippen molar-refractivity contribution in [3.05, 3.63) is 11.6 Å². The monoisotopic (exact) mass is 147 g/mol. The summed E-state index contributed by atoms with van der Waals surface area (Å²) in [5.74, 6) is 0.716. The molecule has 4 heteroatoms. The minimum absolute atomic E-state index is 0.208. The van der Waals surface area contributed by atoms with Gasteiger partial charge in [-0.25, -0.2) is 0 Å². The normalized spacial score (nSPS) is 26.3. The first-order valence-electron chi connectivity index (χ1n) is 2.69. The van der Waals surface area contributed by atoms with Gasteiger partial charge in [0.15, 0.2) is 6.29 Å². The van der Waals surface area contributed by atoms with Crippen molar-refractivity contribution in [1.82, 2.24) is 5.32 Å². The van der Waals surface area contributed by atoms with E-state index in [1.165, 1.54) is 0 Å². The van der Waals surface area contributed by atoms with Gasteiger partial charge in [0, 0.05) is 12.0 Å². The van der Waals surface area contributed by atoms with E-state index in [1.807, 2.05) is 5.41 Å². The molecule has 0 aromatic rings. The van der Waals surface area contributed by atoms with E-state index in [-0.39, 0.29) is 6.04 Å². The zero-order valence-electron chi connectivity index (χ0n) is 4.82. The molecule has 1 rings (SSSR count). The Morgan fingerprint density at radius 2 is 2.44 bits per heavy atom. The molecule has 1 unspecified atom stereocenters. The van der Waals surface area contributed by atoms with Gasteiger partial charge in [-0.2, -0.15) is 0 Å². The lowest BCUT2D eigenvalue weighted by Crippen LogP contribution is -2.40. The molecule has 0 aromatic carbocycles. The van der Waals surface area contributed by atoms with Crippen molar-refractivity contribution in [2.24, 2.45) is 0 Å². The van der Waals surface area contributed by atoms with Crippen LogP contribution in [0.2, 0.25) is 0 Å². The molecule has 0 saturated heterocycles. The first-order valence-corrected chi connectivity index (χ1v) is 3.74. The minimum atomic E-state index is -1.25. The highest BCUT2D eigenvalue weighted by molar-refractivity contribution is 8.02. The Morgan fingerprint density at radius 3 is 2.78 bits per heavy atom. The number of aliphatic hydroxyl groups is 2. The van der Waals surface area contributed by atoms with Crippen LogP contribution in [0.15, 0.2) is 11.6 Å². The van der Waals surface area contributed by atoms with Gasteiger partial charge in [0.2, 0.25) is 0 Å². The second-order valence-corrected chi connectivity index (χ2v) is 2.76. The number of thioether (sulfide) groups is 1. The molecule has 1 aliphatic rings. The van der Waals surface area contributed by atoms with E-state index >= 15 is 0 Å². The fourth-order valence-corrected chi connectivity index (χ4v) is 1.35. The molecule has 0 saturated carbocycles. The summed E-state index contributed by atoms with van der Waals surface area (Å²) < 4.78 is 0. The van der Waals surface area contributed by atoms with Gasteiger partial charge < -0.3 is 15.5 Å². The average Bonchev–Trinajstić information content (AvgIpc) is 1.90. The molecule has 0 bridgehead atoms. The Balaban J connectivity index is 2.35. The minimum Gasteiger partial charge on any atom is -0.382 e. The van der Waals surface area contributed by atoms with Crippen molar-refractivity contribution < 1.29 is 10.2 Å². The van der Waals surface area contributed by atoms with Crippen LogP contribution in [0.4, 0.5) is 0 Å². The Bertz CT molecular complexity index is 116. The van der Waals surface area contributed by atoms with Crippen LogP contribution in [0.3, 0.4) is 0 Å². The topological polar surface area (TPSA) is 52.5 Å². The van der Waals surface area contributed by atoms with Crippen molar-refractivity contribution >= 4 is 11.8 Å². The molecular formula is C5H9NO2S. The molecule has 0 fully saturated rings. The molecule has 0 amide bonds. The number of hydrogen-bond donors (Lipinski definition) is 3. The second-order valence-electron chi connectivity index (χ2n) is 1.82. The quantitative estimate of drug-likeness (QED) is 0.437. The highest BCUT2D eigenvalue weighted by atomic mass is 32.2. The van der Waals surface area contributed by atoms with Crippen LogP contribution in [-0.2, 0) is 0 Å². The fraction of sp³-hybridized carbons (Fsp3) is 0.600. The number of hydrogen-bond acceptors (Lipinski definition) is 4. The summed E-state index contributed by atoms with van der Waals surface area (Å²) in [7, 11) is 0. The highest BCUT2D eigenvalue weighted by Gasteiger charge is 2.15. The first kappa shape index (κ1) is 6.92. The third-order valence-corrected chi connectivity index (χ3v) is 1.99.